The second-order valence-corrected chi connectivity index (χ2v) is 5.73. The molecule has 7 nitrogen and oxygen atoms in total. The molecule has 0 saturated heterocycles. The molecule has 2 aromatic rings. The molecular weight excluding hydrogens is 284 g/mol. The fraction of sp³-hybridized carbons (Fsp3) is 0.167. The van der Waals surface area contributed by atoms with Gasteiger partial charge in [0.15, 0.2) is 0 Å². The Morgan fingerprint density at radius 1 is 1.25 bits per heavy atom. The van der Waals surface area contributed by atoms with Gasteiger partial charge in [0.05, 0.1) is 11.4 Å². The van der Waals surface area contributed by atoms with Crippen molar-refractivity contribution in [3.63, 3.8) is 0 Å². The largest absolute Gasteiger partial charge is 0.475 e. The van der Waals surface area contributed by atoms with Gasteiger partial charge in [0, 0.05) is 5.69 Å². The first-order valence-electron chi connectivity index (χ1n) is 5.60. The summed E-state index contributed by atoms with van der Waals surface area (Å²) in [5.41, 5.74) is 1.58. The fourth-order valence-electron chi connectivity index (χ4n) is 1.57. The van der Waals surface area contributed by atoms with E-state index < -0.39 is 26.8 Å². The van der Waals surface area contributed by atoms with E-state index in [1.54, 1.807) is 26.0 Å². The highest BCUT2D eigenvalue weighted by Crippen LogP contribution is 2.20. The van der Waals surface area contributed by atoms with Crippen LogP contribution in [0, 0.1) is 13.8 Å². The summed E-state index contributed by atoms with van der Waals surface area (Å²) in [6.45, 7) is 3.45. The average molecular weight is 296 g/mol. The van der Waals surface area contributed by atoms with Crippen LogP contribution in [-0.4, -0.2) is 24.5 Å². The number of nitrogens with zero attached hydrogens (tertiary/aromatic N) is 1. The Kier molecular flexibility index (Phi) is 3.49. The Morgan fingerprint density at radius 2 is 1.95 bits per heavy atom. The van der Waals surface area contributed by atoms with Crippen LogP contribution in [0.3, 0.4) is 0 Å². The third kappa shape index (κ3) is 2.80. The van der Waals surface area contributed by atoms with Crippen molar-refractivity contribution in [1.82, 2.24) is 4.98 Å². The molecule has 0 fully saturated rings. The van der Waals surface area contributed by atoms with Gasteiger partial charge in [-0.05, 0) is 38.1 Å². The maximum atomic E-state index is 12.0. The summed E-state index contributed by atoms with van der Waals surface area (Å²) in [6, 6.07) is 5.41. The molecule has 8 heteroatoms. The molecule has 106 valence electrons. The number of rotatable bonds is 4. The smallest absolute Gasteiger partial charge is 0.371 e. The van der Waals surface area contributed by atoms with E-state index in [2.05, 4.69) is 9.71 Å². The molecular formula is C12H12N2O5S. The SMILES string of the molecule is Cc1ccc(NS(=O)(=O)c2ccc(C(=O)O)o2)c(C)n1. The lowest BCUT2D eigenvalue weighted by molar-refractivity contribution is 0.0656. The molecule has 2 heterocycles. The molecule has 0 aliphatic heterocycles. The quantitative estimate of drug-likeness (QED) is 0.890. The Bertz CT molecular complexity index is 764. The molecule has 0 radical (unpaired) electrons. The lowest BCUT2D eigenvalue weighted by Crippen LogP contribution is -2.13. The van der Waals surface area contributed by atoms with Crippen LogP contribution in [0.15, 0.2) is 33.8 Å². The molecule has 0 spiro atoms. The number of aromatic nitrogens is 1. The lowest BCUT2D eigenvalue weighted by atomic mass is 10.3. The summed E-state index contributed by atoms with van der Waals surface area (Å²) >= 11 is 0. The van der Waals surface area contributed by atoms with Crippen LogP contribution in [0.2, 0.25) is 0 Å². The molecule has 2 aromatic heterocycles. The number of nitrogens with one attached hydrogen (secondary N) is 1. The first-order chi connectivity index (χ1) is 9.29. The number of sulfonamides is 1. The minimum atomic E-state index is -3.98. The molecule has 2 rings (SSSR count). The van der Waals surface area contributed by atoms with Crippen LogP contribution >= 0.6 is 0 Å². The first-order valence-corrected chi connectivity index (χ1v) is 7.08. The highest BCUT2D eigenvalue weighted by atomic mass is 32.2. The highest BCUT2D eigenvalue weighted by molar-refractivity contribution is 7.92. The molecule has 0 aromatic carbocycles. The molecule has 0 saturated carbocycles. The van der Waals surface area contributed by atoms with Crippen molar-refractivity contribution in [2.45, 2.75) is 18.9 Å². The van der Waals surface area contributed by atoms with Gasteiger partial charge in [-0.15, -0.1) is 0 Å². The monoisotopic (exact) mass is 296 g/mol. The van der Waals surface area contributed by atoms with E-state index in [1.807, 2.05) is 0 Å². The van der Waals surface area contributed by atoms with Crippen molar-refractivity contribution in [3.05, 3.63) is 41.4 Å². The van der Waals surface area contributed by atoms with Crippen LogP contribution in [0.5, 0.6) is 0 Å². The zero-order valence-electron chi connectivity index (χ0n) is 10.7. The third-order valence-corrected chi connectivity index (χ3v) is 3.76. The van der Waals surface area contributed by atoms with Gasteiger partial charge in [-0.1, -0.05) is 0 Å². The Balaban J connectivity index is 2.33. The van der Waals surface area contributed by atoms with Crippen LogP contribution in [0.1, 0.15) is 21.9 Å². The van der Waals surface area contributed by atoms with Crippen LogP contribution in [0.25, 0.3) is 0 Å². The van der Waals surface area contributed by atoms with E-state index in [9.17, 15) is 13.2 Å². The predicted octanol–water partition coefficient (Wildman–Crippen LogP) is 1.79. The van der Waals surface area contributed by atoms with E-state index in [0.717, 1.165) is 17.8 Å². The number of aromatic carboxylic acids is 1. The van der Waals surface area contributed by atoms with Gasteiger partial charge in [-0.2, -0.15) is 8.42 Å². The molecule has 2 N–H and O–H groups in total. The number of carboxylic acids is 1. The van der Waals surface area contributed by atoms with Crippen molar-refractivity contribution in [2.75, 3.05) is 4.72 Å². The van der Waals surface area contributed by atoms with Gasteiger partial charge in [-0.3, -0.25) is 9.71 Å². The Labute approximate surface area is 115 Å². The summed E-state index contributed by atoms with van der Waals surface area (Å²) in [4.78, 5) is 14.8. The molecule has 0 amide bonds. The first kappa shape index (κ1) is 14.1. The normalized spacial score (nSPS) is 11.3. The maximum Gasteiger partial charge on any atom is 0.371 e. The number of aryl methyl sites for hydroxylation is 2. The van der Waals surface area contributed by atoms with Gasteiger partial charge in [-0.25, -0.2) is 4.79 Å². The second-order valence-electron chi connectivity index (χ2n) is 4.11. The number of anilines is 1. The summed E-state index contributed by atoms with van der Waals surface area (Å²) < 4.78 is 31.2. The summed E-state index contributed by atoms with van der Waals surface area (Å²) in [5.74, 6) is -1.77. The molecule has 0 bridgehead atoms. The maximum absolute atomic E-state index is 12.0. The van der Waals surface area contributed by atoms with Gasteiger partial charge in [0.1, 0.15) is 0 Å². The van der Waals surface area contributed by atoms with Crippen LogP contribution < -0.4 is 4.72 Å². The van der Waals surface area contributed by atoms with Gasteiger partial charge < -0.3 is 9.52 Å². The number of furan rings is 1. The van der Waals surface area contributed by atoms with Crippen LogP contribution in [0.4, 0.5) is 5.69 Å². The number of pyridine rings is 1. The van der Waals surface area contributed by atoms with Crippen molar-refractivity contribution < 1.29 is 22.7 Å². The fourth-order valence-corrected chi connectivity index (χ4v) is 2.62. The van der Waals surface area contributed by atoms with Gasteiger partial charge >= 0.3 is 5.97 Å². The van der Waals surface area contributed by atoms with Gasteiger partial charge in [0.2, 0.25) is 10.9 Å². The van der Waals surface area contributed by atoms with E-state index in [1.165, 1.54) is 0 Å². The van der Waals surface area contributed by atoms with E-state index in [4.69, 9.17) is 9.52 Å². The number of carbonyl (C=O) groups is 1. The molecule has 0 unspecified atom stereocenters. The predicted molar refractivity (Wildman–Crippen MR) is 70.2 cm³/mol. The van der Waals surface area contributed by atoms with Crippen molar-refractivity contribution in [2.24, 2.45) is 0 Å². The number of hydrogen-bond acceptors (Lipinski definition) is 5. The minimum absolute atomic E-state index is 0.309. The van der Waals surface area contributed by atoms with Crippen LogP contribution in [-0.2, 0) is 10.0 Å². The minimum Gasteiger partial charge on any atom is -0.475 e. The van der Waals surface area contributed by atoms with E-state index in [-0.39, 0.29) is 0 Å². The summed E-state index contributed by atoms with van der Waals surface area (Å²) in [6.07, 6.45) is 0. The molecule has 0 aliphatic rings. The Hall–Kier alpha value is -2.35. The second kappa shape index (κ2) is 4.97. The highest BCUT2D eigenvalue weighted by Gasteiger charge is 2.21. The van der Waals surface area contributed by atoms with Crippen molar-refractivity contribution in [3.8, 4) is 0 Å². The summed E-state index contributed by atoms with van der Waals surface area (Å²) in [7, 11) is -3.98. The van der Waals surface area contributed by atoms with E-state index in [0.29, 0.717) is 11.4 Å². The molecule has 0 atom stereocenters. The standard InChI is InChI=1S/C12H12N2O5S/c1-7-3-4-9(8(2)13-7)14-20(17,18)11-6-5-10(19-11)12(15)16/h3-6,14H,1-2H3,(H,15,16). The van der Waals surface area contributed by atoms with Gasteiger partial charge in [0.25, 0.3) is 10.0 Å². The zero-order chi connectivity index (χ0) is 14.9. The molecule has 0 aliphatic carbocycles. The Morgan fingerprint density at radius 3 is 2.50 bits per heavy atom. The van der Waals surface area contributed by atoms with Crippen molar-refractivity contribution >= 4 is 21.7 Å². The van der Waals surface area contributed by atoms with E-state index >= 15 is 0 Å². The third-order valence-electron chi connectivity index (χ3n) is 2.53. The zero-order valence-corrected chi connectivity index (χ0v) is 11.6. The topological polar surface area (TPSA) is 110 Å². The number of hydrogen-bond donors (Lipinski definition) is 2. The molecule has 20 heavy (non-hydrogen) atoms. The summed E-state index contributed by atoms with van der Waals surface area (Å²) in [5, 5.41) is 8.25. The lowest BCUT2D eigenvalue weighted by Gasteiger charge is -2.08. The number of carboxylic acid groups (broad SMARTS) is 1. The average Bonchev–Trinajstić information content (AvgIpc) is 2.83. The van der Waals surface area contributed by atoms with Crippen molar-refractivity contribution in [1.29, 1.82) is 0 Å².